The molecule has 4 atom stereocenters. The van der Waals surface area contributed by atoms with Gasteiger partial charge >= 0.3 is 12.1 Å². The Balaban J connectivity index is 1.17. The third-order valence-corrected chi connectivity index (χ3v) is 7.71. The number of carboxylic acid groups (broad SMARTS) is 1. The van der Waals surface area contributed by atoms with Gasteiger partial charge in [0, 0.05) is 12.0 Å². The summed E-state index contributed by atoms with van der Waals surface area (Å²) < 4.78 is 5.64. The van der Waals surface area contributed by atoms with Crippen molar-refractivity contribution >= 4 is 18.0 Å². The van der Waals surface area contributed by atoms with Gasteiger partial charge in [0.25, 0.3) is 0 Å². The van der Waals surface area contributed by atoms with E-state index in [0.29, 0.717) is 25.7 Å². The Morgan fingerprint density at radius 3 is 2.32 bits per heavy atom. The number of hydrogen-bond donors (Lipinski definition) is 3. The smallest absolute Gasteiger partial charge is 0.407 e. The Labute approximate surface area is 198 Å². The molecule has 178 valence electrons. The maximum absolute atomic E-state index is 12.8. The number of rotatable bonds is 8. The molecule has 0 saturated heterocycles. The predicted octanol–water partition coefficient (Wildman–Crippen LogP) is 4.06. The number of hydrogen-bond acceptors (Lipinski definition) is 4. The molecule has 2 fully saturated rings. The molecule has 7 nitrogen and oxygen atoms in total. The van der Waals surface area contributed by atoms with Crippen molar-refractivity contribution in [1.82, 2.24) is 10.6 Å². The largest absolute Gasteiger partial charge is 0.480 e. The summed E-state index contributed by atoms with van der Waals surface area (Å²) in [5.74, 6) is -1.02. The maximum atomic E-state index is 12.8. The monoisotopic (exact) mass is 462 g/mol. The molecule has 3 aliphatic rings. The summed E-state index contributed by atoms with van der Waals surface area (Å²) in [6, 6.07) is 15.4. The summed E-state index contributed by atoms with van der Waals surface area (Å²) in [6.07, 6.45) is 2.59. The first-order chi connectivity index (χ1) is 16.4. The number of ether oxygens (including phenoxy) is 1. The highest BCUT2D eigenvalue weighted by Crippen LogP contribution is 2.63. The lowest BCUT2D eigenvalue weighted by Crippen LogP contribution is -2.45. The molecule has 5 rings (SSSR count). The van der Waals surface area contributed by atoms with Crippen LogP contribution < -0.4 is 10.6 Å². The molecule has 2 aromatic rings. The first kappa shape index (κ1) is 22.4. The molecule has 7 heteroatoms. The molecule has 3 aliphatic carbocycles. The van der Waals surface area contributed by atoms with Crippen molar-refractivity contribution in [3.63, 3.8) is 0 Å². The van der Waals surface area contributed by atoms with Crippen LogP contribution in [-0.4, -0.2) is 41.8 Å². The van der Waals surface area contributed by atoms with Crippen LogP contribution in [0.4, 0.5) is 4.79 Å². The average Bonchev–Trinajstić information content (AvgIpc) is 3.25. The molecule has 0 radical (unpaired) electrons. The minimum atomic E-state index is -1.00. The second-order valence-electron chi connectivity index (χ2n) is 9.82. The van der Waals surface area contributed by atoms with Crippen LogP contribution in [0.25, 0.3) is 11.1 Å². The second kappa shape index (κ2) is 8.78. The molecule has 3 N–H and O–H groups in total. The molecule has 2 aromatic carbocycles. The molecule has 0 unspecified atom stereocenters. The Kier molecular flexibility index (Phi) is 5.80. The van der Waals surface area contributed by atoms with Gasteiger partial charge in [0.2, 0.25) is 5.91 Å². The number of aliphatic carboxylic acids is 1. The highest BCUT2D eigenvalue weighted by Gasteiger charge is 2.65. The Bertz CT molecular complexity index is 1090. The van der Waals surface area contributed by atoms with E-state index < -0.39 is 23.5 Å². The van der Waals surface area contributed by atoms with Gasteiger partial charge in [-0.25, -0.2) is 9.59 Å². The molecular formula is C27H30N2O5. The van der Waals surface area contributed by atoms with E-state index >= 15 is 0 Å². The van der Waals surface area contributed by atoms with E-state index in [4.69, 9.17) is 4.74 Å². The molecule has 2 amide bonds. The van der Waals surface area contributed by atoms with Gasteiger partial charge in [0.05, 0.1) is 5.41 Å². The van der Waals surface area contributed by atoms with Gasteiger partial charge in [-0.15, -0.1) is 0 Å². The van der Waals surface area contributed by atoms with Crippen LogP contribution >= 0.6 is 0 Å². The van der Waals surface area contributed by atoms with Gasteiger partial charge in [0.15, 0.2) is 0 Å². The minimum Gasteiger partial charge on any atom is -0.480 e. The lowest BCUT2D eigenvalue weighted by molar-refractivity contribution is -0.143. The van der Waals surface area contributed by atoms with E-state index in [9.17, 15) is 19.5 Å². The van der Waals surface area contributed by atoms with Crippen LogP contribution in [0, 0.1) is 11.3 Å². The van der Waals surface area contributed by atoms with Crippen LogP contribution in [0.3, 0.4) is 0 Å². The molecule has 0 aromatic heterocycles. The number of carboxylic acids is 1. The van der Waals surface area contributed by atoms with E-state index in [1.807, 2.05) is 31.2 Å². The van der Waals surface area contributed by atoms with E-state index in [2.05, 4.69) is 34.9 Å². The van der Waals surface area contributed by atoms with E-state index in [0.717, 1.165) is 17.5 Å². The van der Waals surface area contributed by atoms with Crippen molar-refractivity contribution in [2.75, 3.05) is 6.61 Å². The number of benzene rings is 2. The van der Waals surface area contributed by atoms with Gasteiger partial charge in [-0.05, 0) is 53.9 Å². The molecule has 0 bridgehead atoms. The first-order valence-electron chi connectivity index (χ1n) is 12.1. The lowest BCUT2D eigenvalue weighted by Gasteiger charge is -2.21. The highest BCUT2D eigenvalue weighted by molar-refractivity contribution is 5.90. The summed E-state index contributed by atoms with van der Waals surface area (Å²) in [4.78, 5) is 36.9. The van der Waals surface area contributed by atoms with Crippen molar-refractivity contribution in [2.45, 2.75) is 57.0 Å². The van der Waals surface area contributed by atoms with Crippen LogP contribution in [0.5, 0.6) is 0 Å². The highest BCUT2D eigenvalue weighted by atomic mass is 16.5. The van der Waals surface area contributed by atoms with Gasteiger partial charge in [-0.1, -0.05) is 61.9 Å². The first-order valence-corrected chi connectivity index (χ1v) is 12.1. The normalized spacial score (nSPS) is 25.0. The number of amides is 2. The third-order valence-electron chi connectivity index (χ3n) is 7.71. The van der Waals surface area contributed by atoms with E-state index in [1.54, 1.807) is 0 Å². The second-order valence-corrected chi connectivity index (χ2v) is 9.82. The van der Waals surface area contributed by atoms with Crippen LogP contribution in [0.15, 0.2) is 48.5 Å². The zero-order valence-electron chi connectivity index (χ0n) is 19.3. The zero-order valence-corrected chi connectivity index (χ0v) is 19.3. The number of alkyl carbamates (subject to hydrolysis) is 1. The molecule has 0 aliphatic heterocycles. The number of carbonyl (C=O) groups is 3. The lowest BCUT2D eigenvalue weighted by atomic mass is 9.98. The zero-order chi connectivity index (χ0) is 23.9. The standard InChI is InChI=1S/C27H30N2O5/c1-2-7-23(24(30)31)29-25(32)27-13-16(27)12-17(14-27)28-26(33)34-15-22-20-10-5-3-8-18(20)19-9-4-6-11-21(19)22/h3-6,8-11,16-17,22-23H,2,7,12-15H2,1H3,(H,28,33)(H,29,32)(H,30,31)/t16-,17+,23-,27+/m1/s1. The van der Waals surface area contributed by atoms with Crippen molar-refractivity contribution in [3.8, 4) is 11.1 Å². The fourth-order valence-electron chi connectivity index (χ4n) is 5.94. The van der Waals surface area contributed by atoms with Gasteiger partial charge < -0.3 is 20.5 Å². The topological polar surface area (TPSA) is 105 Å². The predicted molar refractivity (Wildman–Crippen MR) is 126 cm³/mol. The fourth-order valence-corrected chi connectivity index (χ4v) is 5.94. The van der Waals surface area contributed by atoms with Crippen molar-refractivity contribution in [3.05, 3.63) is 59.7 Å². The van der Waals surface area contributed by atoms with E-state index in [-0.39, 0.29) is 30.4 Å². The number of nitrogens with one attached hydrogen (secondary N) is 2. The van der Waals surface area contributed by atoms with Gasteiger partial charge in [-0.2, -0.15) is 0 Å². The van der Waals surface area contributed by atoms with Crippen LogP contribution in [0.1, 0.15) is 56.1 Å². The quantitative estimate of drug-likeness (QED) is 0.549. The summed E-state index contributed by atoms with van der Waals surface area (Å²) in [7, 11) is 0. The maximum Gasteiger partial charge on any atom is 0.407 e. The van der Waals surface area contributed by atoms with Crippen molar-refractivity contribution in [1.29, 1.82) is 0 Å². The Hall–Kier alpha value is -3.35. The summed E-state index contributed by atoms with van der Waals surface area (Å²) in [5, 5.41) is 15.0. The number of carbonyl (C=O) groups excluding carboxylic acids is 2. The molecule has 2 saturated carbocycles. The van der Waals surface area contributed by atoms with E-state index in [1.165, 1.54) is 11.1 Å². The SMILES string of the molecule is CCC[C@@H](NC(=O)[C@@]12C[C@@H](NC(=O)OCC3c4ccccc4-c4ccccc43)C[C@@H]1C2)C(=O)O. The average molecular weight is 463 g/mol. The Morgan fingerprint density at radius 1 is 1.06 bits per heavy atom. The summed E-state index contributed by atoms with van der Waals surface area (Å²) >= 11 is 0. The van der Waals surface area contributed by atoms with Gasteiger partial charge in [0.1, 0.15) is 12.6 Å². The Morgan fingerprint density at radius 2 is 1.71 bits per heavy atom. The molecule has 0 spiro atoms. The third kappa shape index (κ3) is 3.93. The van der Waals surface area contributed by atoms with Crippen molar-refractivity contribution < 1.29 is 24.2 Å². The van der Waals surface area contributed by atoms with Crippen LogP contribution in [0.2, 0.25) is 0 Å². The van der Waals surface area contributed by atoms with Crippen molar-refractivity contribution in [2.24, 2.45) is 11.3 Å². The molecule has 0 heterocycles. The fraction of sp³-hybridized carbons (Fsp3) is 0.444. The van der Waals surface area contributed by atoms with Crippen LogP contribution in [-0.2, 0) is 14.3 Å². The summed E-state index contributed by atoms with van der Waals surface area (Å²) in [5.41, 5.74) is 4.13. The molecule has 34 heavy (non-hydrogen) atoms. The number of fused-ring (bicyclic) bond motifs is 4. The van der Waals surface area contributed by atoms with Gasteiger partial charge in [-0.3, -0.25) is 4.79 Å². The minimum absolute atomic E-state index is 0.00114. The summed E-state index contributed by atoms with van der Waals surface area (Å²) in [6.45, 7) is 2.14. The molecular weight excluding hydrogens is 432 g/mol.